The normalized spacial score (nSPS) is 56.0. The van der Waals surface area contributed by atoms with Gasteiger partial charge in [0.05, 0.1) is 19.3 Å². The van der Waals surface area contributed by atoms with Crippen molar-refractivity contribution in [2.45, 2.75) is 98.4 Å². The zero-order valence-electron chi connectivity index (χ0n) is 17.5. The van der Waals surface area contributed by atoms with Crippen LogP contribution in [-0.2, 0) is 18.9 Å². The van der Waals surface area contributed by atoms with Gasteiger partial charge in [0, 0.05) is 0 Å². The fourth-order valence-electron chi connectivity index (χ4n) is 4.44. The Bertz CT molecular complexity index is 652. The zero-order valence-corrected chi connectivity index (χ0v) is 17.5. The van der Waals surface area contributed by atoms with Crippen LogP contribution in [-0.4, -0.2) is 161 Å². The smallest absolute Gasteiger partial charge is 0.187 e. The Balaban J connectivity index is 1.98. The first-order chi connectivity index (χ1) is 15.4. The molecule has 3 aliphatic rings. The second kappa shape index (κ2) is 10.2. The molecule has 3 rings (SSSR count). The molecule has 0 radical (unpaired) electrons. The van der Waals surface area contributed by atoms with Gasteiger partial charge in [-0.1, -0.05) is 0 Å². The van der Waals surface area contributed by atoms with Crippen LogP contribution in [0.15, 0.2) is 0 Å². The van der Waals surface area contributed by atoms with Gasteiger partial charge < -0.3 is 75.1 Å². The number of ether oxygens (including phenoxy) is 4. The van der Waals surface area contributed by atoms with Crippen LogP contribution in [0, 0.1) is 0 Å². The lowest BCUT2D eigenvalue weighted by molar-refractivity contribution is -0.400. The molecule has 0 amide bonds. The lowest BCUT2D eigenvalue weighted by Crippen LogP contribution is -2.78. The molecule has 3 heterocycles. The minimum absolute atomic E-state index is 0.799. The van der Waals surface area contributed by atoms with Gasteiger partial charge in [0.15, 0.2) is 18.2 Å². The van der Waals surface area contributed by atoms with Gasteiger partial charge in [-0.25, -0.2) is 0 Å². The van der Waals surface area contributed by atoms with Crippen LogP contribution in [0.3, 0.4) is 0 Å². The molecule has 33 heavy (non-hydrogen) atoms. The third-order valence-corrected chi connectivity index (χ3v) is 6.47. The molecule has 0 unspecified atom stereocenters. The number of hydrogen-bond acceptors (Lipinski definition) is 15. The highest BCUT2D eigenvalue weighted by atomic mass is 16.7. The van der Waals surface area contributed by atoms with Crippen LogP contribution >= 0.6 is 0 Å². The fraction of sp³-hybridized carbons (Fsp3) is 1.00. The lowest BCUT2D eigenvalue weighted by atomic mass is 9.74. The van der Waals surface area contributed by atoms with E-state index in [0.29, 0.717) is 0 Å². The van der Waals surface area contributed by atoms with E-state index < -0.39 is 105 Å². The molecule has 0 aromatic carbocycles. The highest BCUT2D eigenvalue weighted by Crippen LogP contribution is 2.41. The predicted octanol–water partition coefficient (Wildman–Crippen LogP) is -7.16. The van der Waals surface area contributed by atoms with Crippen molar-refractivity contribution in [2.75, 3.05) is 13.2 Å². The second-order valence-electron chi connectivity index (χ2n) is 8.57. The molecule has 0 aromatic heterocycles. The van der Waals surface area contributed by atoms with E-state index in [1.54, 1.807) is 0 Å². The summed E-state index contributed by atoms with van der Waals surface area (Å²) < 4.78 is 21.3. The van der Waals surface area contributed by atoms with E-state index in [1.165, 1.54) is 6.92 Å². The zero-order chi connectivity index (χ0) is 24.8. The Morgan fingerprint density at radius 2 is 1.27 bits per heavy atom. The summed E-state index contributed by atoms with van der Waals surface area (Å²) in [5.41, 5.74) is -2.85. The summed E-state index contributed by atoms with van der Waals surface area (Å²) in [4.78, 5) is 0. The van der Waals surface area contributed by atoms with Crippen molar-refractivity contribution < 1.29 is 75.1 Å². The summed E-state index contributed by atoms with van der Waals surface area (Å²) in [5.74, 6) is 0. The van der Waals surface area contributed by atoms with Gasteiger partial charge in [0.25, 0.3) is 0 Å². The first-order valence-corrected chi connectivity index (χ1v) is 10.4. The summed E-state index contributed by atoms with van der Waals surface area (Å²) >= 11 is 0. The van der Waals surface area contributed by atoms with E-state index >= 15 is 0 Å². The topological polar surface area (TPSA) is 259 Å². The first-order valence-electron chi connectivity index (χ1n) is 10.4. The van der Waals surface area contributed by atoms with E-state index in [-0.39, 0.29) is 0 Å². The van der Waals surface area contributed by atoms with E-state index in [0.717, 1.165) is 0 Å². The molecule has 194 valence electrons. The molecular weight excluding hydrogens is 456 g/mol. The average Bonchev–Trinajstić information content (AvgIpc) is 2.80. The summed E-state index contributed by atoms with van der Waals surface area (Å²) in [7, 11) is 0. The highest BCUT2D eigenvalue weighted by Gasteiger charge is 2.65. The number of hydrogen-bond donors (Lipinski definition) is 11. The van der Waals surface area contributed by atoms with Crippen LogP contribution in [0.25, 0.3) is 0 Å². The summed E-state index contributed by atoms with van der Waals surface area (Å²) in [6.07, 6.45) is -25.3. The maximum Gasteiger partial charge on any atom is 0.187 e. The Morgan fingerprint density at radius 3 is 1.85 bits per heavy atom. The minimum Gasteiger partial charge on any atom is -0.394 e. The second-order valence-corrected chi connectivity index (χ2v) is 8.57. The molecule has 0 bridgehead atoms. The molecule has 3 saturated heterocycles. The summed E-state index contributed by atoms with van der Waals surface area (Å²) in [5, 5.41) is 112. The van der Waals surface area contributed by atoms with Crippen molar-refractivity contribution in [3.05, 3.63) is 0 Å². The van der Waals surface area contributed by atoms with Crippen LogP contribution in [0.2, 0.25) is 0 Å². The van der Waals surface area contributed by atoms with Gasteiger partial charge in [0.1, 0.15) is 67.1 Å². The van der Waals surface area contributed by atoms with Crippen molar-refractivity contribution >= 4 is 0 Å². The quantitative estimate of drug-likeness (QED) is 0.172. The molecule has 0 saturated carbocycles. The molecule has 3 fully saturated rings. The molecule has 15 atom stereocenters. The van der Waals surface area contributed by atoms with Gasteiger partial charge in [0.2, 0.25) is 0 Å². The van der Waals surface area contributed by atoms with Crippen molar-refractivity contribution in [3.8, 4) is 0 Å². The standard InChI is InChI=1S/C18H32O15/c1-4-7(21)9(23)11(25)15(30-4)18(29)13(27)16(28)31-6(3-20)14(18)33-17-12(26)10(24)8(22)5(2-19)32-17/h4-17,19-29H,2-3H2,1H3/t4-,5+,6+,7+,8-,9+,10-,11-,12+,13-,14+,15-,16+,17-,18+/m0/s1. The minimum atomic E-state index is -2.85. The Morgan fingerprint density at radius 1 is 0.697 bits per heavy atom. The van der Waals surface area contributed by atoms with Gasteiger partial charge in [-0.2, -0.15) is 0 Å². The SMILES string of the molecule is C[C@@H]1O[C@H]([C@]2(O)[C@H](O[C@@H]3O[C@H](CO)[C@H](O)[C@H](O)[C@H]3O)[C@@H](CO)O[C@@H](O)[C@@H]2O)[C@@H](O)[C@H](O)[C@@H]1O. The van der Waals surface area contributed by atoms with Crippen molar-refractivity contribution in [2.24, 2.45) is 0 Å². The monoisotopic (exact) mass is 488 g/mol. The number of rotatable bonds is 5. The highest BCUT2D eigenvalue weighted by molar-refractivity contribution is 5.12. The maximum atomic E-state index is 11.5. The van der Waals surface area contributed by atoms with Crippen LogP contribution in [0.1, 0.15) is 6.92 Å². The molecule has 11 N–H and O–H groups in total. The maximum absolute atomic E-state index is 11.5. The summed E-state index contributed by atoms with van der Waals surface area (Å²) in [6.45, 7) is -0.431. The Labute approximate surface area is 187 Å². The number of aliphatic hydroxyl groups excluding tert-OH is 10. The van der Waals surface area contributed by atoms with Crippen molar-refractivity contribution in [1.29, 1.82) is 0 Å². The fourth-order valence-corrected chi connectivity index (χ4v) is 4.44. The molecule has 3 aliphatic heterocycles. The molecule has 0 aliphatic carbocycles. The first kappa shape index (κ1) is 27.0. The number of aliphatic hydroxyl groups is 11. The molecule has 15 nitrogen and oxygen atoms in total. The van der Waals surface area contributed by atoms with Crippen molar-refractivity contribution in [3.63, 3.8) is 0 Å². The van der Waals surface area contributed by atoms with E-state index in [1.807, 2.05) is 0 Å². The summed E-state index contributed by atoms with van der Waals surface area (Å²) in [6, 6.07) is 0. The third kappa shape index (κ3) is 4.53. The van der Waals surface area contributed by atoms with Gasteiger partial charge >= 0.3 is 0 Å². The molecule has 15 heteroatoms. The molecular formula is C18H32O15. The Hall–Kier alpha value is -0.600. The molecule has 0 spiro atoms. The lowest BCUT2D eigenvalue weighted by Gasteiger charge is -2.55. The van der Waals surface area contributed by atoms with Gasteiger partial charge in [-0.15, -0.1) is 0 Å². The largest absolute Gasteiger partial charge is 0.394 e. The molecule has 0 aromatic rings. The third-order valence-electron chi connectivity index (χ3n) is 6.47. The van der Waals surface area contributed by atoms with E-state index in [9.17, 15) is 56.2 Å². The Kier molecular flexibility index (Phi) is 8.32. The van der Waals surface area contributed by atoms with E-state index in [2.05, 4.69) is 0 Å². The van der Waals surface area contributed by atoms with Crippen LogP contribution < -0.4 is 0 Å². The van der Waals surface area contributed by atoms with Crippen LogP contribution in [0.4, 0.5) is 0 Å². The van der Waals surface area contributed by atoms with Gasteiger partial charge in [-0.3, -0.25) is 0 Å². The van der Waals surface area contributed by atoms with E-state index in [4.69, 9.17) is 18.9 Å². The van der Waals surface area contributed by atoms with Crippen molar-refractivity contribution in [1.82, 2.24) is 0 Å². The predicted molar refractivity (Wildman–Crippen MR) is 99.9 cm³/mol. The van der Waals surface area contributed by atoms with Gasteiger partial charge in [-0.05, 0) is 6.92 Å². The van der Waals surface area contributed by atoms with Crippen LogP contribution in [0.5, 0.6) is 0 Å². The average molecular weight is 488 g/mol.